The Morgan fingerprint density at radius 3 is 2.58 bits per heavy atom. The second kappa shape index (κ2) is 5.39. The van der Waals surface area contributed by atoms with E-state index in [1.807, 2.05) is 12.5 Å². The van der Waals surface area contributed by atoms with E-state index in [4.69, 9.17) is 4.42 Å². The first-order valence-corrected chi connectivity index (χ1v) is 10.6. The highest BCUT2D eigenvalue weighted by Gasteiger charge is 2.59. The fraction of sp³-hybridized carbons (Fsp3) is 0.826. The molecule has 1 heterocycles. The molecule has 0 bridgehead atoms. The van der Waals surface area contributed by atoms with Crippen LogP contribution in [-0.2, 0) is 0 Å². The van der Waals surface area contributed by atoms with Crippen molar-refractivity contribution in [1.29, 1.82) is 0 Å². The molecule has 0 amide bonds. The fourth-order valence-corrected chi connectivity index (χ4v) is 8.32. The van der Waals surface area contributed by atoms with Crippen LogP contribution in [0.1, 0.15) is 89.5 Å². The van der Waals surface area contributed by atoms with Gasteiger partial charge >= 0.3 is 0 Å². The minimum Gasteiger partial charge on any atom is -0.472 e. The lowest BCUT2D eigenvalue weighted by atomic mass is 9.45. The van der Waals surface area contributed by atoms with Gasteiger partial charge in [0.15, 0.2) is 0 Å². The Balaban J connectivity index is 1.45. The SMILES string of the molecule is C[C@]12CCCC[C@@H]1CC[C@@H]1[C@@H]2CC[C@]2(C)[C@@H](c3ccoc3)CC[C@@H]12. The van der Waals surface area contributed by atoms with Crippen molar-refractivity contribution in [2.45, 2.75) is 84.0 Å². The van der Waals surface area contributed by atoms with Crippen molar-refractivity contribution in [2.75, 3.05) is 0 Å². The molecule has 0 aliphatic heterocycles. The van der Waals surface area contributed by atoms with Crippen molar-refractivity contribution in [3.05, 3.63) is 24.2 Å². The summed E-state index contributed by atoms with van der Waals surface area (Å²) in [4.78, 5) is 0. The minimum atomic E-state index is 0.531. The molecule has 4 aliphatic carbocycles. The average Bonchev–Trinajstić information content (AvgIpc) is 3.20. The second-order valence-electron chi connectivity index (χ2n) is 10.1. The maximum absolute atomic E-state index is 5.44. The quantitative estimate of drug-likeness (QED) is 0.553. The third-order valence-electron chi connectivity index (χ3n) is 9.53. The summed E-state index contributed by atoms with van der Waals surface area (Å²) in [6, 6.07) is 2.24. The molecule has 0 radical (unpaired) electrons. The summed E-state index contributed by atoms with van der Waals surface area (Å²) in [5.41, 5.74) is 2.69. The number of hydrogen-bond acceptors (Lipinski definition) is 1. The van der Waals surface area contributed by atoms with E-state index >= 15 is 0 Å². The largest absolute Gasteiger partial charge is 0.472 e. The van der Waals surface area contributed by atoms with E-state index in [9.17, 15) is 0 Å². The molecule has 0 unspecified atom stereocenters. The summed E-state index contributed by atoms with van der Waals surface area (Å²) in [6.45, 7) is 5.33. The maximum Gasteiger partial charge on any atom is 0.0937 e. The molecule has 0 N–H and O–H groups in total. The van der Waals surface area contributed by atoms with Crippen molar-refractivity contribution >= 4 is 0 Å². The third-order valence-corrected chi connectivity index (χ3v) is 9.53. The van der Waals surface area contributed by atoms with E-state index in [1.54, 1.807) is 0 Å². The number of furan rings is 1. The molecule has 1 nitrogen and oxygen atoms in total. The summed E-state index contributed by atoms with van der Waals surface area (Å²) < 4.78 is 5.44. The molecule has 1 aromatic rings. The zero-order chi connectivity index (χ0) is 16.4. The van der Waals surface area contributed by atoms with Gasteiger partial charge in [0, 0.05) is 0 Å². The van der Waals surface area contributed by atoms with Gasteiger partial charge in [-0.2, -0.15) is 0 Å². The Hall–Kier alpha value is -0.720. The normalized spacial score (nSPS) is 50.8. The predicted molar refractivity (Wildman–Crippen MR) is 97.8 cm³/mol. The van der Waals surface area contributed by atoms with Gasteiger partial charge < -0.3 is 4.42 Å². The first kappa shape index (κ1) is 15.5. The van der Waals surface area contributed by atoms with Gasteiger partial charge in [-0.25, -0.2) is 0 Å². The Morgan fingerprint density at radius 1 is 0.875 bits per heavy atom. The summed E-state index contributed by atoms with van der Waals surface area (Å²) in [7, 11) is 0. The van der Waals surface area contributed by atoms with Gasteiger partial charge in [-0.3, -0.25) is 0 Å². The Labute approximate surface area is 147 Å². The van der Waals surface area contributed by atoms with Gasteiger partial charge in [-0.1, -0.05) is 26.7 Å². The van der Waals surface area contributed by atoms with Gasteiger partial charge in [0.05, 0.1) is 12.5 Å². The van der Waals surface area contributed by atoms with Crippen LogP contribution in [-0.4, -0.2) is 0 Å². The van der Waals surface area contributed by atoms with E-state index in [1.165, 1.54) is 69.8 Å². The maximum atomic E-state index is 5.44. The fourth-order valence-electron chi connectivity index (χ4n) is 8.32. The molecule has 132 valence electrons. The van der Waals surface area contributed by atoms with Crippen molar-refractivity contribution in [2.24, 2.45) is 34.5 Å². The molecular formula is C23H34O. The van der Waals surface area contributed by atoms with Crippen LogP contribution in [0.4, 0.5) is 0 Å². The van der Waals surface area contributed by atoms with Crippen molar-refractivity contribution < 1.29 is 4.42 Å². The highest BCUT2D eigenvalue weighted by atomic mass is 16.3. The molecule has 0 spiro atoms. The first-order chi connectivity index (χ1) is 11.6. The topological polar surface area (TPSA) is 13.1 Å². The molecule has 24 heavy (non-hydrogen) atoms. The van der Waals surface area contributed by atoms with Crippen molar-refractivity contribution in [1.82, 2.24) is 0 Å². The summed E-state index contributed by atoms with van der Waals surface area (Å²) in [5, 5.41) is 0. The standard InChI is InChI=1S/C23H34O/c1-22-12-4-3-5-17(22)6-7-18-20-9-8-19(16-11-14-24-15-16)23(20,2)13-10-21(18)22/h11,14-15,17-21H,3-10,12-13H2,1-2H3/t17-,18+,19-,20+,21+,22+,23-/m1/s1. The third kappa shape index (κ3) is 1.99. The predicted octanol–water partition coefficient (Wildman–Crippen LogP) is 6.80. The number of hydrogen-bond donors (Lipinski definition) is 0. The van der Waals surface area contributed by atoms with Crippen LogP contribution in [0.5, 0.6) is 0 Å². The minimum absolute atomic E-state index is 0.531. The van der Waals surface area contributed by atoms with E-state index in [0.29, 0.717) is 10.8 Å². The van der Waals surface area contributed by atoms with E-state index in [0.717, 1.165) is 29.6 Å². The molecule has 7 atom stereocenters. The van der Waals surface area contributed by atoms with E-state index < -0.39 is 0 Å². The molecule has 4 fully saturated rings. The van der Waals surface area contributed by atoms with Crippen LogP contribution in [0.2, 0.25) is 0 Å². The van der Waals surface area contributed by atoms with Gasteiger partial charge in [-0.05, 0) is 103 Å². The van der Waals surface area contributed by atoms with Crippen LogP contribution in [0.25, 0.3) is 0 Å². The van der Waals surface area contributed by atoms with Crippen molar-refractivity contribution in [3.63, 3.8) is 0 Å². The van der Waals surface area contributed by atoms with Crippen LogP contribution < -0.4 is 0 Å². The molecule has 4 saturated carbocycles. The Bertz CT molecular complexity index is 589. The van der Waals surface area contributed by atoms with Gasteiger partial charge in [0.2, 0.25) is 0 Å². The van der Waals surface area contributed by atoms with Crippen LogP contribution in [0.15, 0.2) is 23.0 Å². The smallest absolute Gasteiger partial charge is 0.0937 e. The van der Waals surface area contributed by atoms with E-state index in [2.05, 4.69) is 19.9 Å². The molecule has 1 aromatic heterocycles. The molecule has 4 aliphatic rings. The zero-order valence-electron chi connectivity index (χ0n) is 15.6. The number of rotatable bonds is 1. The lowest BCUT2D eigenvalue weighted by molar-refractivity contribution is -0.105. The molecule has 1 heteroatoms. The second-order valence-corrected chi connectivity index (χ2v) is 10.1. The lowest BCUT2D eigenvalue weighted by Crippen LogP contribution is -2.52. The zero-order valence-corrected chi connectivity index (χ0v) is 15.6. The summed E-state index contributed by atoms with van der Waals surface area (Å²) in [5.74, 6) is 4.80. The Kier molecular flexibility index (Phi) is 3.48. The van der Waals surface area contributed by atoms with Crippen molar-refractivity contribution in [3.8, 4) is 0 Å². The summed E-state index contributed by atoms with van der Waals surface area (Å²) >= 11 is 0. The lowest BCUT2D eigenvalue weighted by Gasteiger charge is -2.60. The average molecular weight is 327 g/mol. The molecule has 0 saturated heterocycles. The molecular weight excluding hydrogens is 292 g/mol. The van der Waals surface area contributed by atoms with Gasteiger partial charge in [0.1, 0.15) is 0 Å². The van der Waals surface area contributed by atoms with Gasteiger partial charge in [-0.15, -0.1) is 0 Å². The van der Waals surface area contributed by atoms with Crippen LogP contribution in [0.3, 0.4) is 0 Å². The Morgan fingerprint density at radius 2 is 1.75 bits per heavy atom. The van der Waals surface area contributed by atoms with Crippen LogP contribution >= 0.6 is 0 Å². The number of fused-ring (bicyclic) bond motifs is 5. The van der Waals surface area contributed by atoms with E-state index in [-0.39, 0.29) is 0 Å². The highest BCUT2D eigenvalue weighted by molar-refractivity contribution is 5.22. The highest BCUT2D eigenvalue weighted by Crippen LogP contribution is 2.68. The summed E-state index contributed by atoms with van der Waals surface area (Å²) in [6.07, 6.45) is 18.8. The monoisotopic (exact) mass is 326 g/mol. The molecule has 5 rings (SSSR count). The first-order valence-electron chi connectivity index (χ1n) is 10.6. The molecule has 0 aromatic carbocycles. The van der Waals surface area contributed by atoms with Gasteiger partial charge in [0.25, 0.3) is 0 Å². The van der Waals surface area contributed by atoms with Crippen LogP contribution in [0, 0.1) is 34.5 Å².